The quantitative estimate of drug-likeness (QED) is 0.516. The number of amides is 1. The average Bonchev–Trinajstić information content (AvgIpc) is 2.52. The zero-order chi connectivity index (χ0) is 16.4. The van der Waals surface area contributed by atoms with Crippen molar-refractivity contribution in [1.29, 1.82) is 0 Å². The number of aliphatic carboxylic acids is 1. The third-order valence-electron chi connectivity index (χ3n) is 2.72. The standard InChI is InChI=1S/C14H21N3O4S/c15-6-11(16)8-22-9-12(13(18)19)17-14(20)21-7-10-4-2-1-3-5-10/h1-5,11-12H,6-9,15-16H2,(H,17,20)(H,18,19). The Labute approximate surface area is 133 Å². The molecule has 1 amide bonds. The molecule has 0 heterocycles. The van der Waals surface area contributed by atoms with Gasteiger partial charge in [-0.15, -0.1) is 0 Å². The zero-order valence-electron chi connectivity index (χ0n) is 12.1. The Balaban J connectivity index is 2.35. The van der Waals surface area contributed by atoms with E-state index in [1.165, 1.54) is 11.8 Å². The molecule has 7 nitrogen and oxygen atoms in total. The Kier molecular flexibility index (Phi) is 8.34. The highest BCUT2D eigenvalue weighted by atomic mass is 32.2. The van der Waals surface area contributed by atoms with Crippen LogP contribution in [0.5, 0.6) is 0 Å². The van der Waals surface area contributed by atoms with Crippen LogP contribution < -0.4 is 16.8 Å². The molecule has 0 aliphatic carbocycles. The fraction of sp³-hybridized carbons (Fsp3) is 0.429. The number of hydrogen-bond donors (Lipinski definition) is 4. The molecule has 0 saturated heterocycles. The number of benzene rings is 1. The number of carbonyl (C=O) groups excluding carboxylic acids is 1. The second-order valence-corrected chi connectivity index (χ2v) is 5.71. The van der Waals surface area contributed by atoms with Crippen molar-refractivity contribution in [3.05, 3.63) is 35.9 Å². The number of alkyl carbamates (subject to hydrolysis) is 1. The molecule has 0 aliphatic heterocycles. The molecule has 2 unspecified atom stereocenters. The maximum atomic E-state index is 11.6. The van der Waals surface area contributed by atoms with Crippen molar-refractivity contribution < 1.29 is 19.4 Å². The van der Waals surface area contributed by atoms with Gasteiger partial charge in [-0.05, 0) is 5.56 Å². The number of ether oxygens (including phenoxy) is 1. The van der Waals surface area contributed by atoms with Crippen molar-refractivity contribution in [2.75, 3.05) is 18.1 Å². The number of hydrogen-bond acceptors (Lipinski definition) is 6. The number of carboxylic acid groups (broad SMARTS) is 1. The maximum Gasteiger partial charge on any atom is 0.408 e. The molecule has 0 bridgehead atoms. The van der Waals surface area contributed by atoms with Crippen LogP contribution in [-0.4, -0.2) is 47.3 Å². The third-order valence-corrected chi connectivity index (χ3v) is 3.96. The topological polar surface area (TPSA) is 128 Å². The first kappa shape index (κ1) is 18.3. The van der Waals surface area contributed by atoms with Crippen LogP contribution in [0.25, 0.3) is 0 Å². The largest absolute Gasteiger partial charge is 0.480 e. The van der Waals surface area contributed by atoms with Crippen LogP contribution in [-0.2, 0) is 16.1 Å². The fourth-order valence-corrected chi connectivity index (χ4v) is 2.52. The first-order chi connectivity index (χ1) is 10.5. The minimum Gasteiger partial charge on any atom is -0.480 e. The molecule has 0 radical (unpaired) electrons. The number of nitrogens with one attached hydrogen (secondary N) is 1. The van der Waals surface area contributed by atoms with Crippen LogP contribution in [0.4, 0.5) is 4.79 Å². The summed E-state index contributed by atoms with van der Waals surface area (Å²) in [5.41, 5.74) is 11.8. The molecule has 1 aromatic carbocycles. The van der Waals surface area contributed by atoms with E-state index in [2.05, 4.69) is 5.32 Å². The van der Waals surface area contributed by atoms with Gasteiger partial charge in [0.2, 0.25) is 0 Å². The summed E-state index contributed by atoms with van der Waals surface area (Å²) < 4.78 is 4.99. The van der Waals surface area contributed by atoms with E-state index >= 15 is 0 Å². The van der Waals surface area contributed by atoms with Gasteiger partial charge in [-0.2, -0.15) is 11.8 Å². The molecule has 122 valence electrons. The first-order valence-corrected chi connectivity index (χ1v) is 7.91. The van der Waals surface area contributed by atoms with Gasteiger partial charge in [0.1, 0.15) is 12.6 Å². The van der Waals surface area contributed by atoms with Crippen LogP contribution in [0, 0.1) is 0 Å². The third kappa shape index (κ3) is 7.30. The van der Waals surface area contributed by atoms with Gasteiger partial charge < -0.3 is 26.6 Å². The molecule has 8 heteroatoms. The Hall–Kier alpha value is -1.77. The van der Waals surface area contributed by atoms with Crippen LogP contribution in [0.15, 0.2) is 30.3 Å². The highest BCUT2D eigenvalue weighted by Crippen LogP contribution is 2.06. The molecular formula is C14H21N3O4S. The molecular weight excluding hydrogens is 306 g/mol. The first-order valence-electron chi connectivity index (χ1n) is 6.76. The Morgan fingerprint density at radius 3 is 2.55 bits per heavy atom. The molecule has 1 rings (SSSR count). The summed E-state index contributed by atoms with van der Waals surface area (Å²) in [4.78, 5) is 22.7. The van der Waals surface area contributed by atoms with E-state index in [0.717, 1.165) is 5.56 Å². The van der Waals surface area contributed by atoms with Crippen LogP contribution >= 0.6 is 11.8 Å². The normalized spacial score (nSPS) is 13.2. The monoisotopic (exact) mass is 327 g/mol. The number of nitrogens with two attached hydrogens (primary N) is 2. The lowest BCUT2D eigenvalue weighted by Gasteiger charge is -2.15. The maximum absolute atomic E-state index is 11.6. The summed E-state index contributed by atoms with van der Waals surface area (Å²) in [6, 6.07) is 7.91. The zero-order valence-corrected chi connectivity index (χ0v) is 12.9. The van der Waals surface area contributed by atoms with Gasteiger partial charge in [0.05, 0.1) is 0 Å². The summed E-state index contributed by atoms with van der Waals surface area (Å²) in [5.74, 6) is -0.393. The average molecular weight is 327 g/mol. The van der Waals surface area contributed by atoms with Crippen LogP contribution in [0.1, 0.15) is 5.56 Å². The molecule has 0 saturated carbocycles. The van der Waals surface area contributed by atoms with E-state index in [0.29, 0.717) is 12.3 Å². The predicted octanol–water partition coefficient (Wildman–Crippen LogP) is 0.385. The molecule has 1 aromatic rings. The Bertz CT molecular complexity index is 472. The lowest BCUT2D eigenvalue weighted by atomic mass is 10.2. The van der Waals surface area contributed by atoms with Crippen molar-refractivity contribution >= 4 is 23.8 Å². The number of carbonyl (C=O) groups is 2. The van der Waals surface area contributed by atoms with Crippen molar-refractivity contribution in [1.82, 2.24) is 5.32 Å². The second-order valence-electron chi connectivity index (χ2n) is 4.63. The molecule has 0 fully saturated rings. The predicted molar refractivity (Wildman–Crippen MR) is 85.5 cm³/mol. The van der Waals surface area contributed by atoms with Gasteiger partial charge in [-0.25, -0.2) is 9.59 Å². The molecule has 0 aromatic heterocycles. The van der Waals surface area contributed by atoms with Crippen molar-refractivity contribution in [2.45, 2.75) is 18.7 Å². The summed E-state index contributed by atoms with van der Waals surface area (Å²) in [6.07, 6.45) is -0.764. The highest BCUT2D eigenvalue weighted by molar-refractivity contribution is 7.99. The van der Waals surface area contributed by atoms with E-state index in [9.17, 15) is 9.59 Å². The molecule has 2 atom stereocenters. The lowest BCUT2D eigenvalue weighted by Crippen LogP contribution is -2.43. The van der Waals surface area contributed by atoms with E-state index in [1.807, 2.05) is 30.3 Å². The summed E-state index contributed by atoms with van der Waals surface area (Å²) in [5, 5.41) is 11.4. The Morgan fingerprint density at radius 2 is 1.95 bits per heavy atom. The van der Waals surface area contributed by atoms with Gasteiger partial charge in [-0.1, -0.05) is 30.3 Å². The van der Waals surface area contributed by atoms with Gasteiger partial charge in [0, 0.05) is 24.1 Å². The minimum atomic E-state index is -1.12. The van der Waals surface area contributed by atoms with Crippen molar-refractivity contribution in [3.8, 4) is 0 Å². The fourth-order valence-electron chi connectivity index (χ4n) is 1.49. The number of thioether (sulfide) groups is 1. The van der Waals surface area contributed by atoms with E-state index in [4.69, 9.17) is 21.3 Å². The van der Waals surface area contributed by atoms with E-state index in [-0.39, 0.29) is 18.4 Å². The summed E-state index contributed by atoms with van der Waals surface area (Å²) >= 11 is 1.32. The van der Waals surface area contributed by atoms with Crippen LogP contribution in [0.3, 0.4) is 0 Å². The van der Waals surface area contributed by atoms with Crippen molar-refractivity contribution in [3.63, 3.8) is 0 Å². The molecule has 0 spiro atoms. The van der Waals surface area contributed by atoms with E-state index < -0.39 is 18.1 Å². The molecule has 6 N–H and O–H groups in total. The van der Waals surface area contributed by atoms with Gasteiger partial charge in [0.25, 0.3) is 0 Å². The Morgan fingerprint density at radius 1 is 1.27 bits per heavy atom. The van der Waals surface area contributed by atoms with Gasteiger partial charge >= 0.3 is 12.1 Å². The second kappa shape index (κ2) is 10.0. The van der Waals surface area contributed by atoms with E-state index in [1.54, 1.807) is 0 Å². The summed E-state index contributed by atoms with van der Waals surface area (Å²) in [7, 11) is 0. The molecule has 0 aliphatic rings. The summed E-state index contributed by atoms with van der Waals surface area (Å²) in [6.45, 7) is 0.418. The number of rotatable bonds is 9. The van der Waals surface area contributed by atoms with Crippen molar-refractivity contribution in [2.24, 2.45) is 11.5 Å². The number of carboxylic acids is 1. The van der Waals surface area contributed by atoms with Gasteiger partial charge in [-0.3, -0.25) is 0 Å². The van der Waals surface area contributed by atoms with Crippen LogP contribution in [0.2, 0.25) is 0 Å². The highest BCUT2D eigenvalue weighted by Gasteiger charge is 2.21. The van der Waals surface area contributed by atoms with Gasteiger partial charge in [0.15, 0.2) is 0 Å². The smallest absolute Gasteiger partial charge is 0.408 e. The minimum absolute atomic E-state index is 0.0875. The SMILES string of the molecule is NCC(N)CSCC(NC(=O)OCc1ccccc1)C(=O)O. The lowest BCUT2D eigenvalue weighted by molar-refractivity contribution is -0.138. The molecule has 22 heavy (non-hydrogen) atoms.